The first kappa shape index (κ1) is 14.3. The summed E-state index contributed by atoms with van der Waals surface area (Å²) in [6.45, 7) is 6.05. The second-order valence-electron chi connectivity index (χ2n) is 5.39. The highest BCUT2D eigenvalue weighted by Gasteiger charge is 2.20. The lowest BCUT2D eigenvalue weighted by Crippen LogP contribution is -2.40. The minimum atomic E-state index is 0.256. The smallest absolute Gasteiger partial charge is 0.232 e. The number of piperidine rings is 1. The lowest BCUT2D eigenvalue weighted by molar-refractivity contribution is -0.130. The molecule has 1 aromatic rings. The molecule has 0 saturated carbocycles. The van der Waals surface area contributed by atoms with Crippen LogP contribution in [-0.2, 0) is 4.79 Å². The maximum atomic E-state index is 12.1. The van der Waals surface area contributed by atoms with Crippen LogP contribution in [-0.4, -0.2) is 29.6 Å². The van der Waals surface area contributed by atoms with E-state index in [9.17, 15) is 4.79 Å². The lowest BCUT2D eigenvalue weighted by atomic mass is 10.0. The van der Waals surface area contributed by atoms with Gasteiger partial charge in [-0.15, -0.1) is 11.8 Å². The number of likely N-dealkylation sites (tertiary alicyclic amines) is 1. The molecule has 1 saturated heterocycles. The topological polar surface area (TPSA) is 46.3 Å². The molecule has 2 rings (SSSR count). The van der Waals surface area contributed by atoms with Crippen molar-refractivity contribution in [3.63, 3.8) is 0 Å². The molecule has 19 heavy (non-hydrogen) atoms. The number of anilines is 1. The number of benzene rings is 1. The third kappa shape index (κ3) is 3.90. The molecule has 1 aromatic carbocycles. The van der Waals surface area contributed by atoms with Crippen molar-refractivity contribution >= 4 is 23.4 Å². The molecule has 0 radical (unpaired) electrons. The second-order valence-corrected chi connectivity index (χ2v) is 6.44. The number of aryl methyl sites for hydroxylation is 1. The van der Waals surface area contributed by atoms with Crippen LogP contribution in [0, 0.1) is 12.8 Å². The van der Waals surface area contributed by atoms with Gasteiger partial charge in [0.25, 0.3) is 0 Å². The van der Waals surface area contributed by atoms with E-state index in [0.717, 1.165) is 35.7 Å². The molecular formula is C15H22N2OS. The first-order chi connectivity index (χ1) is 9.06. The van der Waals surface area contributed by atoms with Crippen LogP contribution in [0.2, 0.25) is 0 Å². The number of amides is 1. The van der Waals surface area contributed by atoms with Crippen molar-refractivity contribution in [2.24, 2.45) is 5.92 Å². The third-order valence-electron chi connectivity index (χ3n) is 3.61. The summed E-state index contributed by atoms with van der Waals surface area (Å²) in [5.41, 5.74) is 7.67. The Morgan fingerprint density at radius 1 is 1.53 bits per heavy atom. The monoisotopic (exact) mass is 278 g/mol. The predicted octanol–water partition coefficient (Wildman–Crippen LogP) is 2.93. The van der Waals surface area contributed by atoms with Gasteiger partial charge in [-0.1, -0.05) is 6.92 Å². The van der Waals surface area contributed by atoms with Gasteiger partial charge in [0.1, 0.15) is 0 Å². The van der Waals surface area contributed by atoms with Crippen molar-refractivity contribution in [1.29, 1.82) is 0 Å². The van der Waals surface area contributed by atoms with E-state index in [1.54, 1.807) is 11.8 Å². The summed E-state index contributed by atoms with van der Waals surface area (Å²) in [5, 5.41) is 0. The Balaban J connectivity index is 1.87. The summed E-state index contributed by atoms with van der Waals surface area (Å²) >= 11 is 1.60. The summed E-state index contributed by atoms with van der Waals surface area (Å²) in [7, 11) is 0. The van der Waals surface area contributed by atoms with E-state index >= 15 is 0 Å². The second kappa shape index (κ2) is 6.33. The Bertz CT molecular complexity index is 461. The minimum Gasteiger partial charge on any atom is -0.399 e. The Morgan fingerprint density at radius 3 is 3.00 bits per heavy atom. The molecule has 4 heteroatoms. The molecule has 3 nitrogen and oxygen atoms in total. The fourth-order valence-electron chi connectivity index (χ4n) is 2.39. The Hall–Kier alpha value is -1.16. The van der Waals surface area contributed by atoms with Crippen molar-refractivity contribution < 1.29 is 4.79 Å². The molecule has 1 atom stereocenters. The van der Waals surface area contributed by atoms with Crippen LogP contribution in [0.4, 0.5) is 5.69 Å². The molecule has 1 aliphatic rings. The number of hydrogen-bond donors (Lipinski definition) is 1. The van der Waals surface area contributed by atoms with Gasteiger partial charge in [0.2, 0.25) is 5.91 Å². The van der Waals surface area contributed by atoms with Gasteiger partial charge in [-0.2, -0.15) is 0 Å². The zero-order chi connectivity index (χ0) is 13.8. The fraction of sp³-hybridized carbons (Fsp3) is 0.533. The average molecular weight is 278 g/mol. The summed E-state index contributed by atoms with van der Waals surface area (Å²) in [4.78, 5) is 15.3. The van der Waals surface area contributed by atoms with E-state index < -0.39 is 0 Å². The first-order valence-corrected chi connectivity index (χ1v) is 7.81. The van der Waals surface area contributed by atoms with E-state index in [2.05, 4.69) is 6.92 Å². The van der Waals surface area contributed by atoms with Crippen molar-refractivity contribution in [3.05, 3.63) is 23.8 Å². The van der Waals surface area contributed by atoms with Crippen molar-refractivity contribution in [2.45, 2.75) is 31.6 Å². The largest absolute Gasteiger partial charge is 0.399 e. The quantitative estimate of drug-likeness (QED) is 0.683. The molecule has 0 spiro atoms. The van der Waals surface area contributed by atoms with Crippen molar-refractivity contribution in [1.82, 2.24) is 4.90 Å². The van der Waals surface area contributed by atoms with Gasteiger partial charge < -0.3 is 10.6 Å². The van der Waals surface area contributed by atoms with Crippen molar-refractivity contribution in [2.75, 3.05) is 24.6 Å². The van der Waals surface area contributed by atoms with Crippen LogP contribution in [0.25, 0.3) is 0 Å². The zero-order valence-electron chi connectivity index (χ0n) is 11.7. The molecule has 1 heterocycles. The van der Waals surface area contributed by atoms with E-state index in [1.165, 1.54) is 6.42 Å². The molecule has 2 N–H and O–H groups in total. The summed E-state index contributed by atoms with van der Waals surface area (Å²) in [5.74, 6) is 1.42. The summed E-state index contributed by atoms with van der Waals surface area (Å²) in [6.07, 6.45) is 2.38. The molecule has 0 aliphatic carbocycles. The normalized spacial score (nSPS) is 19.5. The van der Waals surface area contributed by atoms with Crippen LogP contribution in [0.1, 0.15) is 25.3 Å². The number of nitrogens with two attached hydrogens (primary N) is 1. The highest BCUT2D eigenvalue weighted by molar-refractivity contribution is 8.00. The average Bonchev–Trinajstić information content (AvgIpc) is 2.40. The standard InChI is InChI=1S/C15H22N2OS/c1-11-4-3-7-17(9-11)15(18)10-19-13-5-6-14(16)12(2)8-13/h5-6,8,11H,3-4,7,9-10,16H2,1-2H3. The maximum absolute atomic E-state index is 12.1. The van der Waals surface area contributed by atoms with Gasteiger partial charge in [0.15, 0.2) is 0 Å². The number of carbonyl (C=O) groups excluding carboxylic acids is 1. The minimum absolute atomic E-state index is 0.256. The molecule has 1 unspecified atom stereocenters. The fourth-order valence-corrected chi connectivity index (χ4v) is 3.29. The molecular weight excluding hydrogens is 256 g/mol. The lowest BCUT2D eigenvalue weighted by Gasteiger charge is -2.30. The van der Waals surface area contributed by atoms with Gasteiger partial charge in [-0.25, -0.2) is 0 Å². The van der Waals surface area contributed by atoms with Crippen LogP contribution >= 0.6 is 11.8 Å². The van der Waals surface area contributed by atoms with Gasteiger partial charge in [0, 0.05) is 23.7 Å². The summed E-state index contributed by atoms with van der Waals surface area (Å²) < 4.78 is 0. The first-order valence-electron chi connectivity index (χ1n) is 6.83. The van der Waals surface area contributed by atoms with Crippen LogP contribution in [0.3, 0.4) is 0 Å². The molecule has 104 valence electrons. The Morgan fingerprint density at radius 2 is 2.32 bits per heavy atom. The summed E-state index contributed by atoms with van der Waals surface area (Å²) in [6, 6.07) is 5.94. The number of rotatable bonds is 3. The van der Waals surface area contributed by atoms with Crippen LogP contribution in [0.15, 0.2) is 23.1 Å². The van der Waals surface area contributed by atoms with Crippen LogP contribution < -0.4 is 5.73 Å². The Kier molecular flexibility index (Phi) is 4.75. The van der Waals surface area contributed by atoms with Crippen LogP contribution in [0.5, 0.6) is 0 Å². The van der Waals surface area contributed by atoms with Gasteiger partial charge in [-0.05, 0) is 49.4 Å². The number of thioether (sulfide) groups is 1. The molecule has 0 bridgehead atoms. The van der Waals surface area contributed by atoms with Gasteiger partial charge >= 0.3 is 0 Å². The molecule has 1 amide bonds. The highest BCUT2D eigenvalue weighted by atomic mass is 32.2. The number of carbonyl (C=O) groups is 1. The highest BCUT2D eigenvalue weighted by Crippen LogP contribution is 2.23. The number of nitrogens with zero attached hydrogens (tertiary/aromatic N) is 1. The molecule has 0 aromatic heterocycles. The predicted molar refractivity (Wildman–Crippen MR) is 81.3 cm³/mol. The zero-order valence-corrected chi connectivity index (χ0v) is 12.5. The van der Waals surface area contributed by atoms with Gasteiger partial charge in [-0.3, -0.25) is 4.79 Å². The number of nitrogen functional groups attached to an aromatic ring is 1. The maximum Gasteiger partial charge on any atom is 0.232 e. The van der Waals surface area contributed by atoms with Crippen molar-refractivity contribution in [3.8, 4) is 0 Å². The van der Waals surface area contributed by atoms with E-state index in [1.807, 2.05) is 30.0 Å². The van der Waals surface area contributed by atoms with Gasteiger partial charge in [0.05, 0.1) is 5.75 Å². The molecule has 1 fully saturated rings. The SMILES string of the molecule is Cc1cc(SCC(=O)N2CCCC(C)C2)ccc1N. The van der Waals surface area contributed by atoms with E-state index in [-0.39, 0.29) is 5.91 Å². The Labute approximate surface area is 119 Å². The third-order valence-corrected chi connectivity index (χ3v) is 4.59. The number of hydrogen-bond acceptors (Lipinski definition) is 3. The molecule has 1 aliphatic heterocycles. The van der Waals surface area contributed by atoms with E-state index in [4.69, 9.17) is 5.73 Å². The van der Waals surface area contributed by atoms with E-state index in [0.29, 0.717) is 11.7 Å².